The minimum Gasteiger partial charge on any atom is -0.480 e. The number of rotatable bonds is 4. The van der Waals surface area contributed by atoms with Crippen LogP contribution in [0.2, 0.25) is 5.02 Å². The molecule has 23 heavy (non-hydrogen) atoms. The van der Waals surface area contributed by atoms with E-state index in [0.717, 1.165) is 0 Å². The lowest BCUT2D eigenvalue weighted by Crippen LogP contribution is -2.33. The first kappa shape index (κ1) is 15.9. The van der Waals surface area contributed by atoms with Crippen molar-refractivity contribution in [2.24, 2.45) is 0 Å². The second kappa shape index (κ2) is 6.23. The first-order chi connectivity index (χ1) is 11.0. The van der Waals surface area contributed by atoms with Crippen LogP contribution in [0, 0.1) is 10.1 Å². The number of carbonyl (C=O) groups is 1. The Hall–Kier alpha value is -2.03. The summed E-state index contributed by atoms with van der Waals surface area (Å²) in [5.41, 5.74) is 0.339. The lowest BCUT2D eigenvalue weighted by atomic mass is 10.1. The highest BCUT2D eigenvalue weighted by Gasteiger charge is 2.32. The van der Waals surface area contributed by atoms with Gasteiger partial charge in [0.1, 0.15) is 22.9 Å². The number of non-ortho nitro benzene ring substituents is 1. The Balaban J connectivity index is 1.87. The Labute approximate surface area is 139 Å². The van der Waals surface area contributed by atoms with E-state index in [1.165, 1.54) is 30.0 Å². The largest absolute Gasteiger partial charge is 0.480 e. The van der Waals surface area contributed by atoms with Gasteiger partial charge in [0.15, 0.2) is 0 Å². The van der Waals surface area contributed by atoms with Gasteiger partial charge in [0, 0.05) is 23.4 Å². The van der Waals surface area contributed by atoms with E-state index in [1.807, 2.05) is 0 Å². The Morgan fingerprint density at radius 1 is 1.43 bits per heavy atom. The zero-order valence-electron chi connectivity index (χ0n) is 11.6. The fourth-order valence-corrected chi connectivity index (χ4v) is 3.62. The smallest absolute Gasteiger partial charge is 0.321 e. The van der Waals surface area contributed by atoms with Gasteiger partial charge in [-0.15, -0.1) is 11.8 Å². The van der Waals surface area contributed by atoms with E-state index >= 15 is 0 Å². The number of nitrogens with one attached hydrogen (secondary N) is 1. The van der Waals surface area contributed by atoms with Crippen molar-refractivity contribution in [2.45, 2.75) is 11.4 Å². The Morgan fingerprint density at radius 3 is 2.87 bits per heavy atom. The summed E-state index contributed by atoms with van der Waals surface area (Å²) < 4.78 is 5.71. The average Bonchev–Trinajstić information content (AvgIpc) is 3.16. The molecule has 2 atom stereocenters. The fourth-order valence-electron chi connectivity index (χ4n) is 2.23. The van der Waals surface area contributed by atoms with E-state index < -0.39 is 16.9 Å². The lowest BCUT2D eigenvalue weighted by molar-refractivity contribution is -0.384. The number of hydrogen-bond donors (Lipinski definition) is 2. The van der Waals surface area contributed by atoms with Gasteiger partial charge in [-0.05, 0) is 18.2 Å². The van der Waals surface area contributed by atoms with Gasteiger partial charge in [0.2, 0.25) is 0 Å². The molecule has 0 saturated carbocycles. The number of aliphatic carboxylic acids is 1. The van der Waals surface area contributed by atoms with Crippen LogP contribution in [-0.2, 0) is 4.79 Å². The van der Waals surface area contributed by atoms with Crippen LogP contribution in [0.5, 0.6) is 0 Å². The number of halogens is 1. The molecule has 1 aliphatic rings. The van der Waals surface area contributed by atoms with Crippen LogP contribution in [0.15, 0.2) is 34.7 Å². The maximum absolute atomic E-state index is 11.0. The first-order valence-electron chi connectivity index (χ1n) is 6.60. The molecule has 1 aromatic heterocycles. The highest BCUT2D eigenvalue weighted by molar-refractivity contribution is 7.99. The van der Waals surface area contributed by atoms with Crippen molar-refractivity contribution in [3.8, 4) is 11.3 Å². The third kappa shape index (κ3) is 3.19. The number of benzene rings is 1. The Morgan fingerprint density at radius 2 is 2.22 bits per heavy atom. The summed E-state index contributed by atoms with van der Waals surface area (Å²) >= 11 is 7.51. The molecule has 7 nitrogen and oxygen atoms in total. The molecule has 120 valence electrons. The quantitative estimate of drug-likeness (QED) is 0.641. The average molecular weight is 355 g/mol. The van der Waals surface area contributed by atoms with Crippen molar-refractivity contribution in [1.82, 2.24) is 5.32 Å². The number of thioether (sulfide) groups is 1. The molecule has 1 aliphatic heterocycles. The molecule has 2 heterocycles. The van der Waals surface area contributed by atoms with Crippen molar-refractivity contribution in [3.05, 3.63) is 51.2 Å². The van der Waals surface area contributed by atoms with Crippen molar-refractivity contribution in [2.75, 3.05) is 5.75 Å². The number of furan rings is 1. The summed E-state index contributed by atoms with van der Waals surface area (Å²) in [5, 5.41) is 22.9. The zero-order valence-corrected chi connectivity index (χ0v) is 13.1. The van der Waals surface area contributed by atoms with Gasteiger partial charge in [-0.2, -0.15) is 0 Å². The van der Waals surface area contributed by atoms with E-state index in [9.17, 15) is 14.9 Å². The highest BCUT2D eigenvalue weighted by atomic mass is 35.5. The van der Waals surface area contributed by atoms with Crippen LogP contribution in [0.1, 0.15) is 11.1 Å². The summed E-state index contributed by atoms with van der Waals surface area (Å²) in [6.45, 7) is 0. The predicted molar refractivity (Wildman–Crippen MR) is 85.6 cm³/mol. The number of nitro benzene ring substituents is 1. The number of carboxylic acid groups (broad SMARTS) is 1. The van der Waals surface area contributed by atoms with Gasteiger partial charge < -0.3 is 9.52 Å². The van der Waals surface area contributed by atoms with Crippen LogP contribution in [0.3, 0.4) is 0 Å². The first-order valence-corrected chi connectivity index (χ1v) is 8.03. The van der Waals surface area contributed by atoms with Gasteiger partial charge in [0.25, 0.3) is 5.69 Å². The molecule has 1 fully saturated rings. The summed E-state index contributed by atoms with van der Waals surface area (Å²) in [5.74, 6) is 0.479. The van der Waals surface area contributed by atoms with Crippen molar-refractivity contribution < 1.29 is 19.2 Å². The maximum Gasteiger partial charge on any atom is 0.321 e. The normalized spacial score (nSPS) is 20.6. The summed E-state index contributed by atoms with van der Waals surface area (Å²) in [4.78, 5) is 21.3. The molecular formula is C14H11ClN2O5S. The third-order valence-electron chi connectivity index (χ3n) is 3.39. The molecule has 9 heteroatoms. The molecular weight excluding hydrogens is 344 g/mol. The van der Waals surface area contributed by atoms with Crippen LogP contribution in [0.4, 0.5) is 5.69 Å². The number of hydrogen-bond acceptors (Lipinski definition) is 6. The predicted octanol–water partition coefficient (Wildman–Crippen LogP) is 3.30. The second-order valence-corrected chi connectivity index (χ2v) is 6.44. The standard InChI is InChI=1S/C14H11ClN2O5S/c15-9-2-1-7(17(20)21)5-8(9)11-3-4-12(22-11)13-16-10(6-23-13)14(18)19/h1-5,10,13,16H,6H2,(H,18,19)/t10-,13+/m0/s1. The van der Waals surface area contributed by atoms with Gasteiger partial charge >= 0.3 is 5.97 Å². The number of carboxylic acids is 1. The molecule has 1 aromatic carbocycles. The van der Waals surface area contributed by atoms with Gasteiger partial charge in [-0.3, -0.25) is 20.2 Å². The van der Waals surface area contributed by atoms with E-state index in [4.69, 9.17) is 21.1 Å². The monoisotopic (exact) mass is 354 g/mol. The van der Waals surface area contributed by atoms with E-state index in [-0.39, 0.29) is 11.1 Å². The minimum absolute atomic E-state index is 0.0818. The molecule has 1 saturated heterocycles. The summed E-state index contributed by atoms with van der Waals surface area (Å²) in [7, 11) is 0. The van der Waals surface area contributed by atoms with Crippen LogP contribution < -0.4 is 5.32 Å². The molecule has 3 rings (SSSR count). The van der Waals surface area contributed by atoms with E-state index in [2.05, 4.69) is 5.32 Å². The van der Waals surface area contributed by atoms with Gasteiger partial charge in [-0.1, -0.05) is 11.6 Å². The molecule has 0 unspecified atom stereocenters. The SMILES string of the molecule is O=C(O)[C@@H]1CS[C@H](c2ccc(-c3cc([N+](=O)[O-])ccc3Cl)o2)N1. The number of nitrogens with zero attached hydrogens (tertiary/aromatic N) is 1. The van der Waals surface area contributed by atoms with Crippen LogP contribution in [-0.4, -0.2) is 27.8 Å². The molecule has 0 spiro atoms. The second-order valence-electron chi connectivity index (χ2n) is 4.89. The number of nitro groups is 1. The zero-order chi connectivity index (χ0) is 16.6. The van der Waals surface area contributed by atoms with Crippen molar-refractivity contribution in [3.63, 3.8) is 0 Å². The van der Waals surface area contributed by atoms with Gasteiger partial charge in [0.05, 0.1) is 9.95 Å². The Kier molecular flexibility index (Phi) is 4.29. The molecule has 0 radical (unpaired) electrons. The van der Waals surface area contributed by atoms with Crippen LogP contribution >= 0.6 is 23.4 Å². The molecule has 2 aromatic rings. The van der Waals surface area contributed by atoms with Gasteiger partial charge in [-0.25, -0.2) is 0 Å². The lowest BCUT2D eigenvalue weighted by Gasteiger charge is -2.08. The van der Waals surface area contributed by atoms with Crippen molar-refractivity contribution >= 4 is 35.0 Å². The summed E-state index contributed by atoms with van der Waals surface area (Å²) in [6.07, 6.45) is 0. The van der Waals surface area contributed by atoms with Crippen molar-refractivity contribution in [1.29, 1.82) is 0 Å². The summed E-state index contributed by atoms with van der Waals surface area (Å²) in [6, 6.07) is 6.86. The highest BCUT2D eigenvalue weighted by Crippen LogP contribution is 2.38. The fraction of sp³-hybridized carbons (Fsp3) is 0.214. The molecule has 0 amide bonds. The third-order valence-corrected chi connectivity index (χ3v) is 4.95. The van der Waals surface area contributed by atoms with Crippen LogP contribution in [0.25, 0.3) is 11.3 Å². The molecule has 0 bridgehead atoms. The minimum atomic E-state index is -0.909. The molecule has 2 N–H and O–H groups in total. The maximum atomic E-state index is 11.0. The molecule has 0 aliphatic carbocycles. The Bertz CT molecular complexity index is 778. The topological polar surface area (TPSA) is 106 Å². The van der Waals surface area contributed by atoms with E-state index in [0.29, 0.717) is 27.9 Å². The van der Waals surface area contributed by atoms with E-state index in [1.54, 1.807) is 12.1 Å².